The van der Waals surface area contributed by atoms with Crippen LogP contribution in [-0.2, 0) is 43.1 Å². The lowest BCUT2D eigenvalue weighted by Crippen LogP contribution is -2.35. The third kappa shape index (κ3) is 24.1. The van der Waals surface area contributed by atoms with Crippen LogP contribution in [0.5, 0.6) is 0 Å². The molecular weight excluding hydrogens is 542 g/mol. The summed E-state index contributed by atoms with van der Waals surface area (Å²) in [6.45, 7) is 11.5. The first-order valence-corrected chi connectivity index (χ1v) is 10.3. The van der Waals surface area contributed by atoms with Gasteiger partial charge in [0, 0.05) is 33.5 Å². The van der Waals surface area contributed by atoms with Gasteiger partial charge >= 0.3 is 18.2 Å². The molecule has 41 heavy (non-hydrogen) atoms. The number of hydrogen-bond donors (Lipinski definition) is 0. The van der Waals surface area contributed by atoms with Crippen molar-refractivity contribution in [1.29, 1.82) is 0 Å². The largest absolute Gasteiger partial charge is 0.445 e. The van der Waals surface area contributed by atoms with Crippen LogP contribution in [0.15, 0.2) is 26.3 Å². The number of imide groups is 1. The molecular formula is C27H59N3O11. The maximum atomic E-state index is 11.8. The van der Waals surface area contributed by atoms with E-state index in [4.69, 9.17) is 19.0 Å². The quantitative estimate of drug-likeness (QED) is 0.122. The highest BCUT2D eigenvalue weighted by Crippen LogP contribution is 2.13. The van der Waals surface area contributed by atoms with Crippen molar-refractivity contribution in [3.05, 3.63) is 26.3 Å². The second-order valence-electron chi connectivity index (χ2n) is 6.16. The standard InChI is InChI=1S/C17H27N3O11.2C2H4.6CH4/c1-18(26-3)16(24)29-10-12(11-30-17(25)19(2)27-4)28-9-5-6-15(23)31-20-13(21)7-8-14(20)22;2*1-2;;;;;;/h12H,5-11H2,1-4H3;2*1-2H2;6*1H4. The molecule has 1 heterocycles. The molecule has 0 aromatic carbocycles. The first-order chi connectivity index (χ1) is 16.7. The molecule has 0 aromatic heterocycles. The zero-order chi connectivity index (χ0) is 27.4. The molecule has 0 unspecified atom stereocenters. The minimum Gasteiger partial charge on any atom is -0.445 e. The molecule has 248 valence electrons. The van der Waals surface area contributed by atoms with Crippen molar-refractivity contribution < 1.29 is 52.7 Å². The van der Waals surface area contributed by atoms with E-state index in [1.165, 1.54) is 28.3 Å². The fourth-order valence-corrected chi connectivity index (χ4v) is 2.08. The lowest BCUT2D eigenvalue weighted by molar-refractivity contribution is -0.197. The van der Waals surface area contributed by atoms with Gasteiger partial charge in [0.2, 0.25) is 0 Å². The number of nitrogens with zero attached hydrogens (tertiary/aromatic N) is 3. The van der Waals surface area contributed by atoms with Crippen LogP contribution in [0.4, 0.5) is 9.59 Å². The molecule has 0 N–H and O–H groups in total. The van der Waals surface area contributed by atoms with Gasteiger partial charge in [-0.15, -0.1) is 31.4 Å². The fraction of sp³-hybridized carbons (Fsp3) is 0.667. The van der Waals surface area contributed by atoms with E-state index >= 15 is 0 Å². The summed E-state index contributed by atoms with van der Waals surface area (Å²) in [5, 5.41) is 2.15. The van der Waals surface area contributed by atoms with Gasteiger partial charge < -0.3 is 19.0 Å². The molecule has 0 radical (unpaired) electrons. The van der Waals surface area contributed by atoms with Gasteiger partial charge in [-0.3, -0.25) is 19.3 Å². The summed E-state index contributed by atoms with van der Waals surface area (Å²) in [5.41, 5.74) is 0. The fourth-order valence-electron chi connectivity index (χ4n) is 2.08. The second kappa shape index (κ2) is 34.5. The van der Waals surface area contributed by atoms with E-state index in [1.807, 2.05) is 0 Å². The normalized spacial score (nSPS) is 10.3. The number of hydrogen-bond acceptors (Lipinski definition) is 11. The zero-order valence-electron chi connectivity index (χ0n) is 20.7. The predicted molar refractivity (Wildman–Crippen MR) is 161 cm³/mol. The van der Waals surface area contributed by atoms with Crippen molar-refractivity contribution in [3.8, 4) is 0 Å². The number of rotatable bonds is 12. The minimum atomic E-state index is -0.846. The summed E-state index contributed by atoms with van der Waals surface area (Å²) in [5.74, 6) is -1.91. The Morgan fingerprint density at radius 3 is 1.49 bits per heavy atom. The van der Waals surface area contributed by atoms with E-state index in [9.17, 15) is 24.0 Å². The topological polar surface area (TPSA) is 150 Å². The van der Waals surface area contributed by atoms with E-state index in [0.29, 0.717) is 5.06 Å². The summed E-state index contributed by atoms with van der Waals surface area (Å²) >= 11 is 0. The molecule has 14 heteroatoms. The molecule has 0 spiro atoms. The molecule has 1 fully saturated rings. The van der Waals surface area contributed by atoms with E-state index in [-0.39, 0.29) is 90.1 Å². The van der Waals surface area contributed by atoms with Crippen LogP contribution in [0.3, 0.4) is 0 Å². The SMILES string of the molecule is C.C.C.C.C.C.C=C.C=C.CON(C)C(=O)OCC(COC(=O)N(C)OC)OCCCC(=O)ON1C(=O)CCC1=O. The van der Waals surface area contributed by atoms with Crippen molar-refractivity contribution in [2.24, 2.45) is 0 Å². The molecule has 1 saturated heterocycles. The van der Waals surface area contributed by atoms with Crippen LogP contribution >= 0.6 is 0 Å². The van der Waals surface area contributed by atoms with Crippen LogP contribution in [0, 0.1) is 0 Å². The van der Waals surface area contributed by atoms with Gasteiger partial charge in [0.05, 0.1) is 20.6 Å². The Labute approximate surface area is 249 Å². The van der Waals surface area contributed by atoms with E-state index in [0.717, 1.165) is 10.1 Å². The summed E-state index contributed by atoms with van der Waals surface area (Å²) < 4.78 is 15.5. The van der Waals surface area contributed by atoms with Gasteiger partial charge in [-0.2, -0.15) is 10.1 Å². The first-order valence-electron chi connectivity index (χ1n) is 10.3. The van der Waals surface area contributed by atoms with Crippen LogP contribution in [0.2, 0.25) is 0 Å². The number of amides is 4. The monoisotopic (exact) mass is 601 g/mol. The van der Waals surface area contributed by atoms with Gasteiger partial charge in [0.15, 0.2) is 0 Å². The Morgan fingerprint density at radius 1 is 0.780 bits per heavy atom. The van der Waals surface area contributed by atoms with Crippen molar-refractivity contribution in [2.45, 2.75) is 76.3 Å². The Kier molecular flexibility index (Phi) is 48.4. The number of hydroxylamine groups is 6. The highest BCUT2D eigenvalue weighted by molar-refractivity contribution is 6.01. The summed E-state index contributed by atoms with van der Waals surface area (Å²) in [6, 6.07) is 0. The molecule has 0 bridgehead atoms. The average molecular weight is 602 g/mol. The van der Waals surface area contributed by atoms with Crippen LogP contribution in [0.1, 0.15) is 70.2 Å². The van der Waals surface area contributed by atoms with Crippen LogP contribution in [-0.4, -0.2) is 99.4 Å². The summed E-state index contributed by atoms with van der Waals surface area (Å²) in [4.78, 5) is 72.1. The first kappa shape index (κ1) is 57.4. The Bertz CT molecular complexity index is 649. The van der Waals surface area contributed by atoms with E-state index < -0.39 is 36.1 Å². The Morgan fingerprint density at radius 2 is 1.15 bits per heavy atom. The highest BCUT2D eigenvalue weighted by atomic mass is 16.7. The van der Waals surface area contributed by atoms with E-state index in [1.54, 1.807) is 0 Å². The van der Waals surface area contributed by atoms with Gasteiger partial charge in [0.1, 0.15) is 19.3 Å². The lowest BCUT2D eigenvalue weighted by Gasteiger charge is -2.21. The molecule has 1 aliphatic rings. The van der Waals surface area contributed by atoms with Crippen molar-refractivity contribution in [3.63, 3.8) is 0 Å². The van der Waals surface area contributed by atoms with Gasteiger partial charge in [-0.05, 0) is 6.42 Å². The highest BCUT2D eigenvalue weighted by Gasteiger charge is 2.32. The number of carbonyl (C=O) groups excluding carboxylic acids is 5. The lowest BCUT2D eigenvalue weighted by atomic mass is 10.3. The van der Waals surface area contributed by atoms with Crippen LogP contribution < -0.4 is 0 Å². The van der Waals surface area contributed by atoms with E-state index in [2.05, 4.69) is 36.0 Å². The molecule has 1 rings (SSSR count). The smallest absolute Gasteiger partial charge is 0.433 e. The van der Waals surface area contributed by atoms with Crippen LogP contribution in [0.25, 0.3) is 0 Å². The Balaban J connectivity index is -0.000000173. The van der Waals surface area contributed by atoms with Crippen molar-refractivity contribution in [2.75, 3.05) is 48.1 Å². The minimum absolute atomic E-state index is 0. The van der Waals surface area contributed by atoms with Gasteiger partial charge in [-0.1, -0.05) is 44.6 Å². The van der Waals surface area contributed by atoms with Gasteiger partial charge in [0.25, 0.3) is 11.8 Å². The molecule has 4 amide bonds. The third-order valence-electron chi connectivity index (χ3n) is 3.93. The molecule has 1 aliphatic heterocycles. The Hall–Kier alpha value is -3.49. The second-order valence-corrected chi connectivity index (χ2v) is 6.16. The third-order valence-corrected chi connectivity index (χ3v) is 3.93. The van der Waals surface area contributed by atoms with Crippen molar-refractivity contribution in [1.82, 2.24) is 15.2 Å². The van der Waals surface area contributed by atoms with Gasteiger partial charge in [-0.25, -0.2) is 14.4 Å². The summed E-state index contributed by atoms with van der Waals surface area (Å²) in [7, 11) is 5.24. The number of ether oxygens (including phenoxy) is 3. The average Bonchev–Trinajstić information content (AvgIpc) is 3.20. The zero-order valence-corrected chi connectivity index (χ0v) is 20.7. The number of carbonyl (C=O) groups is 5. The molecule has 0 atom stereocenters. The molecule has 0 saturated carbocycles. The molecule has 14 nitrogen and oxygen atoms in total. The van der Waals surface area contributed by atoms with Crippen molar-refractivity contribution >= 4 is 30.0 Å². The molecule has 0 aromatic rings. The molecule has 0 aliphatic carbocycles. The maximum absolute atomic E-state index is 11.8. The maximum Gasteiger partial charge on any atom is 0.433 e. The summed E-state index contributed by atoms with van der Waals surface area (Å²) in [6.07, 6.45) is -2.39. The predicted octanol–water partition coefficient (Wildman–Crippen LogP) is 5.44.